The molecule has 0 N–H and O–H groups in total. The fourth-order valence-electron chi connectivity index (χ4n) is 4.33. The maximum Gasteiger partial charge on any atom is 0.242 e. The molecule has 1 saturated heterocycles. The quantitative estimate of drug-likeness (QED) is 0.396. The van der Waals surface area contributed by atoms with Crippen molar-refractivity contribution in [2.75, 3.05) is 45.9 Å². The lowest BCUT2D eigenvalue weighted by atomic mass is 10.1. The van der Waals surface area contributed by atoms with Crippen molar-refractivity contribution in [2.24, 2.45) is 0 Å². The smallest absolute Gasteiger partial charge is 0.242 e. The average Bonchev–Trinajstić information content (AvgIpc) is 3.32. The molecule has 1 aliphatic heterocycles. The van der Waals surface area contributed by atoms with Crippen molar-refractivity contribution in [1.82, 2.24) is 14.7 Å². The molecular formula is C29H34FN3O4. The summed E-state index contributed by atoms with van der Waals surface area (Å²) in [6.07, 6.45) is 0.229. The first kappa shape index (κ1) is 26.6. The van der Waals surface area contributed by atoms with Crippen molar-refractivity contribution in [3.63, 3.8) is 0 Å². The molecule has 1 aromatic heterocycles. The molecule has 0 saturated carbocycles. The lowest BCUT2D eigenvalue weighted by molar-refractivity contribution is -0.141. The monoisotopic (exact) mass is 507 g/mol. The van der Waals surface area contributed by atoms with Gasteiger partial charge in [0, 0.05) is 32.7 Å². The van der Waals surface area contributed by atoms with Gasteiger partial charge in [-0.15, -0.1) is 0 Å². The van der Waals surface area contributed by atoms with Crippen molar-refractivity contribution >= 4 is 11.8 Å². The van der Waals surface area contributed by atoms with Gasteiger partial charge in [0.15, 0.2) is 0 Å². The third kappa shape index (κ3) is 8.27. The number of aryl methyl sites for hydroxylation is 1. The fraction of sp³-hybridized carbons (Fsp3) is 0.379. The highest BCUT2D eigenvalue weighted by Gasteiger charge is 2.24. The van der Waals surface area contributed by atoms with E-state index in [1.54, 1.807) is 21.9 Å². The predicted molar refractivity (Wildman–Crippen MR) is 138 cm³/mol. The van der Waals surface area contributed by atoms with Gasteiger partial charge >= 0.3 is 0 Å². The van der Waals surface area contributed by atoms with E-state index in [0.717, 1.165) is 30.0 Å². The Hall–Kier alpha value is -3.49. The van der Waals surface area contributed by atoms with Crippen LogP contribution >= 0.6 is 0 Å². The number of nitrogens with zero attached hydrogens (tertiary/aromatic N) is 3. The molecule has 0 bridgehead atoms. The fourth-order valence-corrected chi connectivity index (χ4v) is 4.33. The molecule has 0 atom stereocenters. The Labute approximate surface area is 217 Å². The Morgan fingerprint density at radius 1 is 0.865 bits per heavy atom. The van der Waals surface area contributed by atoms with Gasteiger partial charge in [-0.1, -0.05) is 42.5 Å². The first-order chi connectivity index (χ1) is 18.0. The van der Waals surface area contributed by atoms with E-state index in [1.165, 1.54) is 12.1 Å². The third-order valence-electron chi connectivity index (χ3n) is 6.45. The van der Waals surface area contributed by atoms with Gasteiger partial charge < -0.3 is 19.0 Å². The highest BCUT2D eigenvalue weighted by molar-refractivity contribution is 5.86. The van der Waals surface area contributed by atoms with E-state index < -0.39 is 0 Å². The van der Waals surface area contributed by atoms with Crippen LogP contribution in [0.3, 0.4) is 0 Å². The highest BCUT2D eigenvalue weighted by atomic mass is 19.1. The van der Waals surface area contributed by atoms with Crippen molar-refractivity contribution in [3.8, 4) is 0 Å². The molecule has 0 radical (unpaired) electrons. The largest absolute Gasteiger partial charge is 0.464 e. The zero-order chi connectivity index (χ0) is 26.0. The molecule has 196 valence electrons. The summed E-state index contributed by atoms with van der Waals surface area (Å²) >= 11 is 0. The van der Waals surface area contributed by atoms with Gasteiger partial charge in [-0.2, -0.15) is 0 Å². The number of amides is 2. The summed E-state index contributed by atoms with van der Waals surface area (Å²) in [5.74, 6) is 0.798. The summed E-state index contributed by atoms with van der Waals surface area (Å²) in [5.41, 5.74) is 1.71. The van der Waals surface area contributed by atoms with Gasteiger partial charge in [0.05, 0.1) is 32.7 Å². The second-order valence-corrected chi connectivity index (χ2v) is 9.32. The number of ether oxygens (including phenoxy) is 1. The Kier molecular flexibility index (Phi) is 9.46. The van der Waals surface area contributed by atoms with Crippen LogP contribution in [0.4, 0.5) is 4.39 Å². The summed E-state index contributed by atoms with van der Waals surface area (Å²) in [6, 6.07) is 19.4. The number of furan rings is 1. The van der Waals surface area contributed by atoms with Crippen LogP contribution < -0.4 is 0 Å². The summed E-state index contributed by atoms with van der Waals surface area (Å²) in [5, 5.41) is 0. The molecule has 2 amide bonds. The van der Waals surface area contributed by atoms with Crippen LogP contribution in [0.15, 0.2) is 71.1 Å². The number of hydrogen-bond acceptors (Lipinski definition) is 5. The molecule has 1 fully saturated rings. The predicted octanol–water partition coefficient (Wildman–Crippen LogP) is 3.66. The lowest BCUT2D eigenvalue weighted by Gasteiger charge is -2.31. The van der Waals surface area contributed by atoms with Crippen LogP contribution in [-0.2, 0) is 33.8 Å². The van der Waals surface area contributed by atoms with Crippen LogP contribution in [0.1, 0.15) is 22.6 Å². The molecule has 0 aliphatic carbocycles. The summed E-state index contributed by atoms with van der Waals surface area (Å²) < 4.78 is 24.6. The van der Waals surface area contributed by atoms with E-state index in [-0.39, 0.29) is 43.7 Å². The van der Waals surface area contributed by atoms with Crippen LogP contribution in [0.2, 0.25) is 0 Å². The molecule has 7 nitrogen and oxygen atoms in total. The molecule has 4 rings (SSSR count). The zero-order valence-electron chi connectivity index (χ0n) is 21.3. The number of morpholine rings is 1. The Balaban J connectivity index is 1.49. The Morgan fingerprint density at radius 3 is 2.27 bits per heavy atom. The summed E-state index contributed by atoms with van der Waals surface area (Å²) in [4.78, 5) is 32.5. The second-order valence-electron chi connectivity index (χ2n) is 9.32. The molecule has 0 spiro atoms. The minimum atomic E-state index is -0.330. The number of carbonyl (C=O) groups is 2. The van der Waals surface area contributed by atoms with Gasteiger partial charge in [-0.25, -0.2) is 4.39 Å². The van der Waals surface area contributed by atoms with Gasteiger partial charge in [0.25, 0.3) is 0 Å². The number of halogens is 1. The molecule has 3 aromatic rings. The normalized spacial score (nSPS) is 13.9. The minimum Gasteiger partial charge on any atom is -0.464 e. The first-order valence-corrected chi connectivity index (χ1v) is 12.7. The van der Waals surface area contributed by atoms with Crippen LogP contribution in [0.5, 0.6) is 0 Å². The maximum atomic E-state index is 13.6. The van der Waals surface area contributed by atoms with Crippen LogP contribution in [0.25, 0.3) is 0 Å². The SMILES string of the molecule is Cc1ccc(CN(Cc2ccc(F)cc2)C(=O)CN(CCN2CCOCC2)C(=O)Cc2ccccc2)o1. The Bertz CT molecular complexity index is 1140. The van der Waals surface area contributed by atoms with E-state index in [4.69, 9.17) is 9.15 Å². The van der Waals surface area contributed by atoms with Gasteiger partial charge in [0.2, 0.25) is 11.8 Å². The average molecular weight is 508 g/mol. The van der Waals surface area contributed by atoms with Crippen molar-refractivity contribution < 1.29 is 23.1 Å². The maximum absolute atomic E-state index is 13.6. The van der Waals surface area contributed by atoms with Gasteiger partial charge in [0.1, 0.15) is 17.3 Å². The van der Waals surface area contributed by atoms with E-state index in [0.29, 0.717) is 32.1 Å². The van der Waals surface area contributed by atoms with Gasteiger partial charge in [-0.05, 0) is 42.3 Å². The van der Waals surface area contributed by atoms with Crippen LogP contribution in [-0.4, -0.2) is 72.5 Å². The first-order valence-electron chi connectivity index (χ1n) is 12.7. The Morgan fingerprint density at radius 2 is 1.59 bits per heavy atom. The number of rotatable bonds is 11. The summed E-state index contributed by atoms with van der Waals surface area (Å²) in [7, 11) is 0. The zero-order valence-corrected chi connectivity index (χ0v) is 21.3. The number of carbonyl (C=O) groups excluding carboxylic acids is 2. The number of hydrogen-bond donors (Lipinski definition) is 0. The van der Waals surface area contributed by atoms with Crippen molar-refractivity contribution in [3.05, 3.63) is 95.2 Å². The van der Waals surface area contributed by atoms with E-state index in [1.807, 2.05) is 49.4 Å². The number of benzene rings is 2. The highest BCUT2D eigenvalue weighted by Crippen LogP contribution is 2.15. The molecular weight excluding hydrogens is 473 g/mol. The third-order valence-corrected chi connectivity index (χ3v) is 6.45. The van der Waals surface area contributed by atoms with Crippen molar-refractivity contribution in [2.45, 2.75) is 26.4 Å². The van der Waals surface area contributed by atoms with E-state index in [2.05, 4.69) is 4.90 Å². The van der Waals surface area contributed by atoms with E-state index >= 15 is 0 Å². The minimum absolute atomic E-state index is 0.0447. The lowest BCUT2D eigenvalue weighted by Crippen LogP contribution is -2.47. The second kappa shape index (κ2) is 13.2. The van der Waals surface area contributed by atoms with Crippen molar-refractivity contribution in [1.29, 1.82) is 0 Å². The molecule has 37 heavy (non-hydrogen) atoms. The standard InChI is InChI=1S/C29H34FN3O4/c1-23-7-12-27(37-23)21-33(20-25-8-10-26(30)11-9-25)29(35)22-32(14-13-31-15-17-36-18-16-31)28(34)19-24-5-3-2-4-6-24/h2-12H,13-22H2,1H3. The molecule has 0 unspecified atom stereocenters. The molecule has 2 aromatic carbocycles. The van der Waals surface area contributed by atoms with E-state index in [9.17, 15) is 14.0 Å². The molecule has 1 aliphatic rings. The van der Waals surface area contributed by atoms with Gasteiger partial charge in [-0.3, -0.25) is 14.5 Å². The topological polar surface area (TPSA) is 66.2 Å². The molecule has 2 heterocycles. The summed E-state index contributed by atoms with van der Waals surface area (Å²) in [6.45, 7) is 6.43. The molecule has 8 heteroatoms. The van der Waals surface area contributed by atoms with Crippen LogP contribution in [0, 0.1) is 12.7 Å².